The number of rotatable bonds is 4. The van der Waals surface area contributed by atoms with Gasteiger partial charge in [0.05, 0.1) is 39.2 Å². The molecular formula is C13H19NO5. The quantitative estimate of drug-likeness (QED) is 0.809. The van der Waals surface area contributed by atoms with Gasteiger partial charge in [0, 0.05) is 12.6 Å². The molecule has 1 N–H and O–H groups in total. The predicted octanol–water partition coefficient (Wildman–Crippen LogP) is 0.648. The highest BCUT2D eigenvalue weighted by atomic mass is 16.5. The largest absolute Gasteiger partial charge is 0.467 e. The summed E-state index contributed by atoms with van der Waals surface area (Å²) in [5.41, 5.74) is 0.446. The molecule has 0 radical (unpaired) electrons. The van der Waals surface area contributed by atoms with Crippen molar-refractivity contribution in [2.75, 3.05) is 26.9 Å². The van der Waals surface area contributed by atoms with Crippen molar-refractivity contribution in [3.05, 3.63) is 23.7 Å². The number of ether oxygens (including phenoxy) is 2. The molecule has 19 heavy (non-hydrogen) atoms. The number of furan rings is 1. The van der Waals surface area contributed by atoms with E-state index in [-0.39, 0.29) is 18.8 Å². The topological polar surface area (TPSA) is 72.1 Å². The fourth-order valence-electron chi connectivity index (χ4n) is 2.15. The number of carbonyl (C=O) groups is 1. The average Bonchev–Trinajstić information content (AvgIpc) is 2.88. The molecule has 1 saturated heterocycles. The van der Waals surface area contributed by atoms with E-state index in [1.165, 1.54) is 13.4 Å². The first-order valence-electron chi connectivity index (χ1n) is 6.27. The smallest absolute Gasteiger partial charge is 0.341 e. The first kappa shape index (κ1) is 14.0. The van der Waals surface area contributed by atoms with Crippen LogP contribution < -0.4 is 0 Å². The summed E-state index contributed by atoms with van der Waals surface area (Å²) in [5, 5.41) is 9.15. The normalized spacial score (nSPS) is 24.4. The van der Waals surface area contributed by atoms with Gasteiger partial charge in [-0.1, -0.05) is 0 Å². The molecule has 1 aliphatic rings. The van der Waals surface area contributed by atoms with Crippen molar-refractivity contribution < 1.29 is 23.8 Å². The van der Waals surface area contributed by atoms with Gasteiger partial charge in [0.2, 0.25) is 0 Å². The summed E-state index contributed by atoms with van der Waals surface area (Å²) < 4.78 is 15.5. The predicted molar refractivity (Wildman–Crippen MR) is 66.7 cm³/mol. The van der Waals surface area contributed by atoms with Crippen molar-refractivity contribution in [3.8, 4) is 0 Å². The van der Waals surface area contributed by atoms with Crippen LogP contribution in [0.1, 0.15) is 23.0 Å². The van der Waals surface area contributed by atoms with Crippen LogP contribution >= 0.6 is 0 Å². The zero-order chi connectivity index (χ0) is 13.8. The van der Waals surface area contributed by atoms with Crippen LogP contribution in [0.25, 0.3) is 0 Å². The molecule has 0 aromatic carbocycles. The number of aliphatic hydroxyl groups is 1. The fraction of sp³-hybridized carbons (Fsp3) is 0.615. The number of morpholine rings is 1. The summed E-state index contributed by atoms with van der Waals surface area (Å²) >= 11 is 0. The highest BCUT2D eigenvalue weighted by molar-refractivity contribution is 5.90. The van der Waals surface area contributed by atoms with Gasteiger partial charge in [-0.2, -0.15) is 0 Å². The first-order valence-corrected chi connectivity index (χ1v) is 6.27. The molecule has 2 rings (SSSR count). The minimum absolute atomic E-state index is 0.00870. The van der Waals surface area contributed by atoms with Gasteiger partial charge >= 0.3 is 5.97 Å². The Morgan fingerprint density at radius 1 is 1.63 bits per heavy atom. The van der Waals surface area contributed by atoms with Crippen LogP contribution in [0.3, 0.4) is 0 Å². The molecular weight excluding hydrogens is 250 g/mol. The third-order valence-corrected chi connectivity index (χ3v) is 3.34. The Balaban J connectivity index is 2.07. The molecule has 6 nitrogen and oxygen atoms in total. The lowest BCUT2D eigenvalue weighted by Crippen LogP contribution is -2.48. The van der Waals surface area contributed by atoms with Crippen molar-refractivity contribution >= 4 is 5.97 Å². The minimum atomic E-state index is -0.400. The Kier molecular flexibility index (Phi) is 4.57. The number of esters is 1. The molecule has 2 unspecified atom stereocenters. The first-order chi connectivity index (χ1) is 9.15. The Morgan fingerprint density at radius 3 is 3.11 bits per heavy atom. The van der Waals surface area contributed by atoms with E-state index in [0.717, 1.165) is 0 Å². The molecule has 1 fully saturated rings. The van der Waals surface area contributed by atoms with Gasteiger partial charge in [0.15, 0.2) is 0 Å². The van der Waals surface area contributed by atoms with Crippen LogP contribution in [0.5, 0.6) is 0 Å². The number of methoxy groups -OCH3 is 1. The Bertz CT molecular complexity index is 430. The van der Waals surface area contributed by atoms with Crippen molar-refractivity contribution in [1.29, 1.82) is 0 Å². The molecule has 106 valence electrons. The number of nitrogens with zero attached hydrogens (tertiary/aromatic N) is 1. The molecule has 1 aliphatic heterocycles. The maximum absolute atomic E-state index is 11.6. The summed E-state index contributed by atoms with van der Waals surface area (Å²) in [7, 11) is 1.35. The van der Waals surface area contributed by atoms with Gasteiger partial charge in [-0.05, 0) is 13.0 Å². The Labute approximate surface area is 111 Å². The molecule has 0 saturated carbocycles. The van der Waals surface area contributed by atoms with E-state index in [1.54, 1.807) is 6.07 Å². The Morgan fingerprint density at radius 2 is 2.42 bits per heavy atom. The van der Waals surface area contributed by atoms with Crippen LogP contribution in [0.2, 0.25) is 0 Å². The molecule has 2 atom stereocenters. The molecule has 0 aliphatic carbocycles. The van der Waals surface area contributed by atoms with Gasteiger partial charge in [0.1, 0.15) is 11.3 Å². The van der Waals surface area contributed by atoms with Crippen molar-refractivity contribution in [2.24, 2.45) is 0 Å². The lowest BCUT2D eigenvalue weighted by atomic mass is 10.1. The van der Waals surface area contributed by atoms with Gasteiger partial charge in [-0.25, -0.2) is 4.79 Å². The van der Waals surface area contributed by atoms with Gasteiger partial charge < -0.3 is 19.0 Å². The fourth-order valence-corrected chi connectivity index (χ4v) is 2.15. The average molecular weight is 269 g/mol. The second-order valence-electron chi connectivity index (χ2n) is 4.67. The number of hydrogen-bond acceptors (Lipinski definition) is 6. The van der Waals surface area contributed by atoms with Crippen LogP contribution in [-0.2, 0) is 16.0 Å². The maximum Gasteiger partial charge on any atom is 0.341 e. The monoisotopic (exact) mass is 269 g/mol. The molecule has 0 bridgehead atoms. The summed E-state index contributed by atoms with van der Waals surface area (Å²) in [4.78, 5) is 13.7. The third-order valence-electron chi connectivity index (χ3n) is 3.34. The van der Waals surface area contributed by atoms with Crippen LogP contribution in [0.15, 0.2) is 16.7 Å². The van der Waals surface area contributed by atoms with E-state index < -0.39 is 5.97 Å². The number of hydrogen-bond donors (Lipinski definition) is 1. The molecule has 0 amide bonds. The van der Waals surface area contributed by atoms with Crippen molar-refractivity contribution in [2.45, 2.75) is 25.6 Å². The molecule has 1 aromatic heterocycles. The van der Waals surface area contributed by atoms with Gasteiger partial charge in [-0.15, -0.1) is 0 Å². The van der Waals surface area contributed by atoms with Crippen LogP contribution in [0, 0.1) is 0 Å². The SMILES string of the molecule is COC(=O)c1ccoc1CN1CC(CO)OCC1C. The highest BCUT2D eigenvalue weighted by Crippen LogP contribution is 2.19. The van der Waals surface area contributed by atoms with E-state index >= 15 is 0 Å². The molecule has 6 heteroatoms. The maximum atomic E-state index is 11.6. The van der Waals surface area contributed by atoms with Crippen molar-refractivity contribution in [3.63, 3.8) is 0 Å². The summed E-state index contributed by atoms with van der Waals surface area (Å²) in [6, 6.07) is 1.81. The van der Waals surface area contributed by atoms with E-state index in [4.69, 9.17) is 19.0 Å². The summed E-state index contributed by atoms with van der Waals surface area (Å²) in [5.74, 6) is 0.181. The zero-order valence-corrected chi connectivity index (χ0v) is 11.2. The second kappa shape index (κ2) is 6.18. The van der Waals surface area contributed by atoms with Gasteiger partial charge in [0.25, 0.3) is 0 Å². The van der Waals surface area contributed by atoms with E-state index in [2.05, 4.69) is 4.90 Å². The van der Waals surface area contributed by atoms with Crippen LogP contribution in [-0.4, -0.2) is 55.0 Å². The Hall–Kier alpha value is -1.37. The highest BCUT2D eigenvalue weighted by Gasteiger charge is 2.28. The molecule has 2 heterocycles. The van der Waals surface area contributed by atoms with E-state index in [1.807, 2.05) is 6.92 Å². The van der Waals surface area contributed by atoms with Crippen molar-refractivity contribution in [1.82, 2.24) is 4.90 Å². The number of carbonyl (C=O) groups excluding carboxylic acids is 1. The lowest BCUT2D eigenvalue weighted by Gasteiger charge is -2.36. The van der Waals surface area contributed by atoms with Crippen LogP contribution in [0.4, 0.5) is 0 Å². The molecule has 0 spiro atoms. The molecule has 1 aromatic rings. The lowest BCUT2D eigenvalue weighted by molar-refractivity contribution is -0.0820. The zero-order valence-electron chi connectivity index (χ0n) is 11.2. The standard InChI is InChI=1S/C13H19NO5/c1-9-8-19-10(7-15)5-14(9)6-12-11(3-4-18-12)13(16)17-2/h3-4,9-10,15H,5-8H2,1-2H3. The van der Waals surface area contributed by atoms with Gasteiger partial charge in [-0.3, -0.25) is 4.90 Å². The summed E-state index contributed by atoms with van der Waals surface area (Å²) in [6.45, 7) is 3.69. The minimum Gasteiger partial charge on any atom is -0.467 e. The summed E-state index contributed by atoms with van der Waals surface area (Å²) in [6.07, 6.45) is 1.30. The van der Waals surface area contributed by atoms with E-state index in [9.17, 15) is 4.79 Å². The number of aliphatic hydroxyl groups excluding tert-OH is 1. The van der Waals surface area contributed by atoms with E-state index in [0.29, 0.717) is 31.0 Å². The second-order valence-corrected chi connectivity index (χ2v) is 4.67. The third kappa shape index (κ3) is 3.15.